The second-order valence-corrected chi connectivity index (χ2v) is 8.81. The summed E-state index contributed by atoms with van der Waals surface area (Å²) in [6, 6.07) is 25.3. The molecule has 0 saturated heterocycles. The SMILES string of the molecule is Cc1oc(-c2ccccc2)nc1N1N=C(c2ccccc2F)CC1N1CCc2ccccc2C1. The molecule has 34 heavy (non-hydrogen) atoms. The molecule has 0 bridgehead atoms. The number of oxazole rings is 1. The third-order valence-electron chi connectivity index (χ3n) is 6.66. The molecule has 1 atom stereocenters. The van der Waals surface area contributed by atoms with Gasteiger partial charge in [-0.2, -0.15) is 10.1 Å². The molecule has 3 aromatic carbocycles. The minimum absolute atomic E-state index is 0.0737. The van der Waals surface area contributed by atoms with E-state index in [4.69, 9.17) is 14.5 Å². The summed E-state index contributed by atoms with van der Waals surface area (Å²) in [6.07, 6.45) is 1.51. The Labute approximate surface area is 198 Å². The number of benzene rings is 3. The Balaban J connectivity index is 1.39. The average Bonchev–Trinajstić information content (AvgIpc) is 3.48. The Morgan fingerprint density at radius 3 is 2.47 bits per heavy atom. The van der Waals surface area contributed by atoms with Gasteiger partial charge < -0.3 is 4.42 Å². The van der Waals surface area contributed by atoms with Crippen molar-refractivity contribution >= 4 is 11.5 Å². The molecule has 6 heteroatoms. The van der Waals surface area contributed by atoms with Crippen LogP contribution in [-0.2, 0) is 13.0 Å². The van der Waals surface area contributed by atoms with E-state index >= 15 is 0 Å². The molecule has 0 N–H and O–H groups in total. The molecule has 0 amide bonds. The van der Waals surface area contributed by atoms with E-state index < -0.39 is 0 Å². The van der Waals surface area contributed by atoms with Gasteiger partial charge in [0.25, 0.3) is 0 Å². The van der Waals surface area contributed by atoms with E-state index in [2.05, 4.69) is 29.2 Å². The number of fused-ring (bicyclic) bond motifs is 1. The summed E-state index contributed by atoms with van der Waals surface area (Å²) in [5, 5.41) is 6.85. The Kier molecular flexibility index (Phi) is 5.23. The highest BCUT2D eigenvalue weighted by Crippen LogP contribution is 2.35. The molecule has 2 aliphatic heterocycles. The maximum Gasteiger partial charge on any atom is 0.228 e. The highest BCUT2D eigenvalue weighted by Gasteiger charge is 2.37. The van der Waals surface area contributed by atoms with Gasteiger partial charge in [-0.15, -0.1) is 0 Å². The second kappa shape index (κ2) is 8.54. The molecule has 0 spiro atoms. The maximum atomic E-state index is 14.7. The fraction of sp³-hybridized carbons (Fsp3) is 0.214. The van der Waals surface area contributed by atoms with Crippen LogP contribution in [0.15, 0.2) is 88.4 Å². The lowest BCUT2D eigenvalue weighted by molar-refractivity contribution is 0.183. The number of hydrogen-bond acceptors (Lipinski definition) is 5. The van der Waals surface area contributed by atoms with Crippen LogP contribution in [0.3, 0.4) is 0 Å². The molecule has 1 unspecified atom stereocenters. The normalized spacial score (nSPS) is 18.1. The zero-order chi connectivity index (χ0) is 23.1. The highest BCUT2D eigenvalue weighted by atomic mass is 19.1. The number of aryl methyl sites for hydroxylation is 1. The van der Waals surface area contributed by atoms with Crippen LogP contribution < -0.4 is 5.01 Å². The summed E-state index contributed by atoms with van der Waals surface area (Å²) < 4.78 is 20.8. The summed E-state index contributed by atoms with van der Waals surface area (Å²) in [5.41, 5.74) is 4.90. The molecule has 3 heterocycles. The van der Waals surface area contributed by atoms with Crippen molar-refractivity contribution in [3.8, 4) is 11.5 Å². The first kappa shape index (κ1) is 20.8. The quantitative estimate of drug-likeness (QED) is 0.393. The monoisotopic (exact) mass is 452 g/mol. The third-order valence-corrected chi connectivity index (χ3v) is 6.66. The number of aromatic nitrogens is 1. The summed E-state index contributed by atoms with van der Waals surface area (Å²) in [6.45, 7) is 3.63. The van der Waals surface area contributed by atoms with E-state index in [0.717, 1.165) is 30.8 Å². The van der Waals surface area contributed by atoms with Crippen molar-refractivity contribution in [3.63, 3.8) is 0 Å². The smallest absolute Gasteiger partial charge is 0.228 e. The molecule has 0 saturated carbocycles. The Morgan fingerprint density at radius 1 is 0.912 bits per heavy atom. The van der Waals surface area contributed by atoms with Gasteiger partial charge in [0.1, 0.15) is 17.7 Å². The van der Waals surface area contributed by atoms with Crippen LogP contribution in [0.1, 0.15) is 28.9 Å². The third kappa shape index (κ3) is 3.70. The van der Waals surface area contributed by atoms with Crippen LogP contribution in [0.25, 0.3) is 11.5 Å². The van der Waals surface area contributed by atoms with E-state index in [0.29, 0.717) is 29.5 Å². The van der Waals surface area contributed by atoms with Crippen molar-refractivity contribution in [2.75, 3.05) is 11.6 Å². The summed E-state index contributed by atoms with van der Waals surface area (Å²) >= 11 is 0. The second-order valence-electron chi connectivity index (χ2n) is 8.81. The van der Waals surface area contributed by atoms with Crippen molar-refractivity contribution in [2.24, 2.45) is 5.10 Å². The Morgan fingerprint density at radius 2 is 1.65 bits per heavy atom. The number of anilines is 1. The maximum absolute atomic E-state index is 14.7. The van der Waals surface area contributed by atoms with Crippen LogP contribution in [-0.4, -0.2) is 28.3 Å². The van der Waals surface area contributed by atoms with E-state index in [9.17, 15) is 4.39 Å². The van der Waals surface area contributed by atoms with Crippen molar-refractivity contribution in [2.45, 2.75) is 32.5 Å². The zero-order valence-corrected chi connectivity index (χ0v) is 19.0. The Bertz CT molecular complexity index is 1360. The number of rotatable bonds is 4. The zero-order valence-electron chi connectivity index (χ0n) is 19.0. The summed E-state index contributed by atoms with van der Waals surface area (Å²) in [7, 11) is 0. The van der Waals surface area contributed by atoms with E-state index in [1.807, 2.05) is 48.3 Å². The van der Waals surface area contributed by atoms with Gasteiger partial charge in [0.2, 0.25) is 5.89 Å². The van der Waals surface area contributed by atoms with Crippen molar-refractivity contribution in [3.05, 3.63) is 107 Å². The highest BCUT2D eigenvalue weighted by molar-refractivity contribution is 6.03. The first-order valence-corrected chi connectivity index (χ1v) is 11.6. The standard InChI is InChI=1S/C28H25FN4O/c1-19-27(30-28(34-19)21-10-3-2-4-11-21)33-26(17-25(31-33)23-13-7-8-14-24(23)29)32-16-15-20-9-5-6-12-22(20)18-32/h2-14,26H,15-18H2,1H3. The van der Waals surface area contributed by atoms with Gasteiger partial charge in [0.05, 0.1) is 5.71 Å². The molecule has 0 aliphatic carbocycles. The van der Waals surface area contributed by atoms with Gasteiger partial charge in [-0.3, -0.25) is 4.90 Å². The molecule has 6 rings (SSSR count). The van der Waals surface area contributed by atoms with Crippen LogP contribution in [0.2, 0.25) is 0 Å². The molecule has 4 aromatic rings. The molecule has 0 radical (unpaired) electrons. The van der Waals surface area contributed by atoms with Crippen LogP contribution >= 0.6 is 0 Å². The number of nitrogens with zero attached hydrogens (tertiary/aromatic N) is 4. The number of hydrazone groups is 1. The average molecular weight is 453 g/mol. The predicted octanol–water partition coefficient (Wildman–Crippen LogP) is 5.79. The molecular formula is C28H25FN4O. The van der Waals surface area contributed by atoms with E-state index in [1.165, 1.54) is 17.2 Å². The molecule has 2 aliphatic rings. The fourth-order valence-corrected chi connectivity index (χ4v) is 4.91. The van der Waals surface area contributed by atoms with E-state index in [1.54, 1.807) is 12.1 Å². The first-order valence-electron chi connectivity index (χ1n) is 11.6. The van der Waals surface area contributed by atoms with Crippen molar-refractivity contribution in [1.29, 1.82) is 0 Å². The molecule has 0 fully saturated rings. The van der Waals surface area contributed by atoms with E-state index in [-0.39, 0.29) is 12.0 Å². The lowest BCUT2D eigenvalue weighted by Crippen LogP contribution is -2.46. The minimum Gasteiger partial charge on any atom is -0.439 e. The Hall–Kier alpha value is -3.77. The summed E-state index contributed by atoms with van der Waals surface area (Å²) in [5.74, 6) is 1.67. The minimum atomic E-state index is -0.257. The summed E-state index contributed by atoms with van der Waals surface area (Å²) in [4.78, 5) is 7.25. The van der Waals surface area contributed by atoms with Gasteiger partial charge >= 0.3 is 0 Å². The van der Waals surface area contributed by atoms with Gasteiger partial charge in [-0.05, 0) is 42.7 Å². The van der Waals surface area contributed by atoms with Gasteiger partial charge in [0, 0.05) is 30.6 Å². The molecule has 5 nitrogen and oxygen atoms in total. The van der Waals surface area contributed by atoms with Gasteiger partial charge in [-0.25, -0.2) is 9.40 Å². The lowest BCUT2D eigenvalue weighted by Gasteiger charge is -2.36. The van der Waals surface area contributed by atoms with Crippen LogP contribution in [0.5, 0.6) is 0 Å². The fourth-order valence-electron chi connectivity index (χ4n) is 4.91. The van der Waals surface area contributed by atoms with Crippen molar-refractivity contribution in [1.82, 2.24) is 9.88 Å². The first-order chi connectivity index (χ1) is 16.7. The van der Waals surface area contributed by atoms with Gasteiger partial charge in [-0.1, -0.05) is 60.7 Å². The van der Waals surface area contributed by atoms with Crippen LogP contribution in [0.4, 0.5) is 10.2 Å². The topological polar surface area (TPSA) is 44.9 Å². The molecular weight excluding hydrogens is 427 g/mol. The van der Waals surface area contributed by atoms with Crippen LogP contribution in [0, 0.1) is 12.7 Å². The largest absolute Gasteiger partial charge is 0.439 e. The lowest BCUT2D eigenvalue weighted by atomic mass is 9.98. The van der Waals surface area contributed by atoms with Gasteiger partial charge in [0.15, 0.2) is 5.82 Å². The van der Waals surface area contributed by atoms with Crippen molar-refractivity contribution < 1.29 is 8.81 Å². The predicted molar refractivity (Wildman–Crippen MR) is 131 cm³/mol. The number of hydrogen-bond donors (Lipinski definition) is 0. The molecule has 170 valence electrons. The number of halogens is 1. The molecule has 1 aromatic heterocycles.